The van der Waals surface area contributed by atoms with Crippen molar-refractivity contribution in [1.29, 1.82) is 0 Å². The van der Waals surface area contributed by atoms with Crippen molar-refractivity contribution in [3.8, 4) is 0 Å². The van der Waals surface area contributed by atoms with E-state index in [-0.39, 0.29) is 5.75 Å². The molecule has 0 aliphatic rings. The summed E-state index contributed by atoms with van der Waals surface area (Å²) in [5, 5.41) is 3.16. The summed E-state index contributed by atoms with van der Waals surface area (Å²) in [6.07, 6.45) is 1.48. The quantitative estimate of drug-likeness (QED) is 0.843. The van der Waals surface area contributed by atoms with Crippen LogP contribution in [0.1, 0.15) is 12.5 Å². The van der Waals surface area contributed by atoms with Crippen molar-refractivity contribution in [3.63, 3.8) is 0 Å². The van der Waals surface area contributed by atoms with Crippen molar-refractivity contribution < 1.29 is 8.42 Å². The van der Waals surface area contributed by atoms with Gasteiger partial charge in [0.25, 0.3) is 0 Å². The molecule has 21 heavy (non-hydrogen) atoms. The van der Waals surface area contributed by atoms with E-state index >= 15 is 0 Å². The number of nitrogens with zero attached hydrogens (tertiary/aromatic N) is 1. The topological polar surface area (TPSA) is 71.1 Å². The molecule has 0 atom stereocenters. The Morgan fingerprint density at radius 1 is 1.19 bits per heavy atom. The van der Waals surface area contributed by atoms with E-state index in [1.165, 1.54) is 6.20 Å². The molecule has 0 aliphatic carbocycles. The van der Waals surface area contributed by atoms with Crippen LogP contribution in [-0.4, -0.2) is 19.2 Å². The minimum Gasteiger partial charge on any atom is -0.340 e. The van der Waals surface area contributed by atoms with Gasteiger partial charge >= 0.3 is 0 Å². The van der Waals surface area contributed by atoms with Crippen LogP contribution < -0.4 is 10.0 Å². The Labute approximate surface area is 133 Å². The smallest absolute Gasteiger partial charge is 0.232 e. The molecule has 7 heteroatoms. The molecule has 0 radical (unpaired) electrons. The molecular formula is C14H16BrN3O2S. The van der Waals surface area contributed by atoms with Gasteiger partial charge in [0.1, 0.15) is 5.82 Å². The third-order valence-corrected chi connectivity index (χ3v) is 5.02. The average molecular weight is 370 g/mol. The summed E-state index contributed by atoms with van der Waals surface area (Å²) in [7, 11) is -3.27. The minimum absolute atomic E-state index is 0.0321. The van der Waals surface area contributed by atoms with E-state index in [9.17, 15) is 8.42 Å². The highest BCUT2D eigenvalue weighted by molar-refractivity contribution is 9.10. The van der Waals surface area contributed by atoms with Crippen molar-refractivity contribution in [3.05, 3.63) is 46.6 Å². The molecule has 2 N–H and O–H groups in total. The maximum Gasteiger partial charge on any atom is 0.232 e. The summed E-state index contributed by atoms with van der Waals surface area (Å²) < 4.78 is 26.4. The normalized spacial score (nSPS) is 11.2. The van der Waals surface area contributed by atoms with Crippen LogP contribution in [0, 0.1) is 6.92 Å². The second kappa shape index (κ2) is 6.44. The first-order valence-electron chi connectivity index (χ1n) is 6.39. The van der Waals surface area contributed by atoms with E-state index in [2.05, 4.69) is 31.0 Å². The second-order valence-corrected chi connectivity index (χ2v) is 7.39. The van der Waals surface area contributed by atoms with E-state index in [0.717, 1.165) is 15.7 Å². The first-order chi connectivity index (χ1) is 9.89. The van der Waals surface area contributed by atoms with Crippen LogP contribution in [0.15, 0.2) is 41.0 Å². The number of halogens is 1. The van der Waals surface area contributed by atoms with Gasteiger partial charge in [-0.25, -0.2) is 13.4 Å². The summed E-state index contributed by atoms with van der Waals surface area (Å²) in [4.78, 5) is 4.19. The van der Waals surface area contributed by atoms with Gasteiger partial charge in [0.05, 0.1) is 17.6 Å². The fourth-order valence-corrected chi connectivity index (χ4v) is 2.60. The zero-order chi connectivity index (χ0) is 15.5. The summed E-state index contributed by atoms with van der Waals surface area (Å²) in [6.45, 7) is 3.60. The fraction of sp³-hybridized carbons (Fsp3) is 0.214. The molecule has 0 unspecified atom stereocenters. The summed E-state index contributed by atoms with van der Waals surface area (Å²) in [5.41, 5.74) is 2.51. The van der Waals surface area contributed by atoms with Crippen molar-refractivity contribution >= 4 is 43.1 Å². The highest BCUT2D eigenvalue weighted by Crippen LogP contribution is 2.23. The molecule has 1 aromatic heterocycles. The summed E-state index contributed by atoms with van der Waals surface area (Å²) >= 11 is 3.47. The Morgan fingerprint density at radius 2 is 1.90 bits per heavy atom. The Bertz CT molecular complexity index is 730. The van der Waals surface area contributed by atoms with E-state index in [1.807, 2.05) is 25.1 Å². The Morgan fingerprint density at radius 3 is 2.48 bits per heavy atom. The van der Waals surface area contributed by atoms with Crippen LogP contribution in [-0.2, 0) is 10.0 Å². The third kappa shape index (κ3) is 4.44. The maximum absolute atomic E-state index is 11.5. The largest absolute Gasteiger partial charge is 0.340 e. The van der Waals surface area contributed by atoms with E-state index in [0.29, 0.717) is 11.5 Å². The van der Waals surface area contributed by atoms with Gasteiger partial charge in [-0.1, -0.05) is 22.0 Å². The van der Waals surface area contributed by atoms with Gasteiger partial charge in [0.2, 0.25) is 10.0 Å². The van der Waals surface area contributed by atoms with Gasteiger partial charge in [-0.15, -0.1) is 0 Å². The third-order valence-electron chi connectivity index (χ3n) is 2.86. The van der Waals surface area contributed by atoms with Crippen molar-refractivity contribution in [1.82, 2.24) is 4.98 Å². The number of sulfonamides is 1. The lowest BCUT2D eigenvalue weighted by Gasteiger charge is -2.09. The van der Waals surface area contributed by atoms with Crippen molar-refractivity contribution in [2.75, 3.05) is 15.8 Å². The van der Waals surface area contributed by atoms with Gasteiger partial charge in [0, 0.05) is 10.2 Å². The first-order valence-corrected chi connectivity index (χ1v) is 8.84. The molecule has 2 aromatic rings. The number of rotatable bonds is 5. The number of pyridine rings is 1. The molecule has 0 amide bonds. The molecule has 0 aliphatic heterocycles. The summed E-state index contributed by atoms with van der Waals surface area (Å²) in [5.74, 6) is 0.676. The second-order valence-electron chi connectivity index (χ2n) is 4.53. The lowest BCUT2D eigenvalue weighted by molar-refractivity contribution is 0.602. The SMILES string of the molecule is CCS(=O)(=O)Nc1ccc(Nc2ccc(C)c(Br)c2)nc1. The molecule has 0 saturated carbocycles. The van der Waals surface area contributed by atoms with Crippen LogP contribution in [0.5, 0.6) is 0 Å². The maximum atomic E-state index is 11.5. The van der Waals surface area contributed by atoms with Crippen LogP contribution in [0.3, 0.4) is 0 Å². The number of benzene rings is 1. The van der Waals surface area contributed by atoms with E-state index in [1.54, 1.807) is 19.1 Å². The van der Waals surface area contributed by atoms with Crippen LogP contribution in [0.25, 0.3) is 0 Å². The Balaban J connectivity index is 2.10. The Hall–Kier alpha value is -1.60. The molecule has 112 valence electrons. The van der Waals surface area contributed by atoms with E-state index in [4.69, 9.17) is 0 Å². The number of hydrogen-bond acceptors (Lipinski definition) is 4. The molecule has 0 spiro atoms. The van der Waals surface area contributed by atoms with Crippen LogP contribution in [0.2, 0.25) is 0 Å². The average Bonchev–Trinajstić information content (AvgIpc) is 2.45. The highest BCUT2D eigenvalue weighted by atomic mass is 79.9. The lowest BCUT2D eigenvalue weighted by Crippen LogP contribution is -2.14. The number of aromatic nitrogens is 1. The van der Waals surface area contributed by atoms with Crippen molar-refractivity contribution in [2.24, 2.45) is 0 Å². The van der Waals surface area contributed by atoms with Crippen molar-refractivity contribution in [2.45, 2.75) is 13.8 Å². The zero-order valence-corrected chi connectivity index (χ0v) is 14.1. The fourth-order valence-electron chi connectivity index (χ4n) is 1.60. The van der Waals surface area contributed by atoms with E-state index < -0.39 is 10.0 Å². The Kier molecular flexibility index (Phi) is 4.84. The lowest BCUT2D eigenvalue weighted by atomic mass is 10.2. The zero-order valence-electron chi connectivity index (χ0n) is 11.7. The molecule has 0 fully saturated rings. The number of hydrogen-bond donors (Lipinski definition) is 2. The molecule has 1 heterocycles. The minimum atomic E-state index is -3.27. The number of anilines is 3. The monoisotopic (exact) mass is 369 g/mol. The predicted molar refractivity (Wildman–Crippen MR) is 89.5 cm³/mol. The molecule has 2 rings (SSSR count). The molecule has 1 aromatic carbocycles. The van der Waals surface area contributed by atoms with Crippen LogP contribution in [0.4, 0.5) is 17.2 Å². The predicted octanol–water partition coefficient (Wildman–Crippen LogP) is 3.66. The number of nitrogens with one attached hydrogen (secondary N) is 2. The van der Waals surface area contributed by atoms with Gasteiger partial charge in [-0.2, -0.15) is 0 Å². The molecule has 0 bridgehead atoms. The standard InChI is InChI=1S/C14H16BrN3O2S/c1-3-21(19,20)18-12-6-7-14(16-9-12)17-11-5-4-10(2)13(15)8-11/h4-9,18H,3H2,1-2H3,(H,16,17). The van der Waals surface area contributed by atoms with Gasteiger partial charge < -0.3 is 5.32 Å². The molecule has 0 saturated heterocycles. The van der Waals surface area contributed by atoms with Gasteiger partial charge in [-0.05, 0) is 43.7 Å². The molecular weight excluding hydrogens is 354 g/mol. The molecule has 5 nitrogen and oxygen atoms in total. The highest BCUT2D eigenvalue weighted by Gasteiger charge is 2.07. The van der Waals surface area contributed by atoms with Gasteiger partial charge in [-0.3, -0.25) is 4.72 Å². The number of aryl methyl sites for hydroxylation is 1. The van der Waals surface area contributed by atoms with Crippen LogP contribution >= 0.6 is 15.9 Å². The van der Waals surface area contributed by atoms with Gasteiger partial charge in [0.15, 0.2) is 0 Å². The summed E-state index contributed by atoms with van der Waals surface area (Å²) in [6, 6.07) is 9.31. The first kappa shape index (κ1) is 15.8.